The number of hydrogen-bond acceptors (Lipinski definition) is 6. The summed E-state index contributed by atoms with van der Waals surface area (Å²) in [6, 6.07) is 11.0. The molecule has 3 heterocycles. The largest absolute Gasteiger partial charge is 0.444 e. The Labute approximate surface area is 222 Å². The predicted molar refractivity (Wildman–Crippen MR) is 140 cm³/mol. The van der Waals surface area contributed by atoms with Gasteiger partial charge < -0.3 is 29.6 Å². The Balaban J connectivity index is 1.36. The molecule has 0 saturated carbocycles. The Morgan fingerprint density at radius 3 is 2.68 bits per heavy atom. The van der Waals surface area contributed by atoms with Crippen LogP contribution in [-0.2, 0) is 27.2 Å². The molecule has 10 nitrogen and oxygen atoms in total. The Hall–Kier alpha value is -3.84. The standard InChI is InChI=1S/C28H35N5O5/c1-28(2,3)38-27(36)33-12-5-13-37-24(18-33)26(35)31-22(16-29)14-19-6-8-20(9-7-19)21-15-23-25(34)30-10-4-11-32(23)17-21/h6-9,15,17,22,24H,4-5,10-14,18H2,1-3H3,(H,30,34)(H,31,35)/t22-,24-/m0/s1. The number of carbonyl (C=O) groups is 3. The van der Waals surface area contributed by atoms with E-state index >= 15 is 0 Å². The van der Waals surface area contributed by atoms with Crippen molar-refractivity contribution in [3.05, 3.63) is 47.8 Å². The van der Waals surface area contributed by atoms with Gasteiger partial charge in [-0.05, 0) is 50.8 Å². The lowest BCUT2D eigenvalue weighted by Crippen LogP contribution is -2.48. The van der Waals surface area contributed by atoms with Gasteiger partial charge in [0.2, 0.25) is 0 Å². The van der Waals surface area contributed by atoms with Crippen LogP contribution in [0.15, 0.2) is 36.5 Å². The second-order valence-electron chi connectivity index (χ2n) is 10.6. The van der Waals surface area contributed by atoms with Crippen LogP contribution in [0.4, 0.5) is 4.79 Å². The summed E-state index contributed by atoms with van der Waals surface area (Å²) in [7, 11) is 0. The average molecular weight is 522 g/mol. The van der Waals surface area contributed by atoms with Gasteiger partial charge in [-0.1, -0.05) is 24.3 Å². The van der Waals surface area contributed by atoms with Crippen LogP contribution < -0.4 is 10.6 Å². The minimum atomic E-state index is -0.884. The number of ether oxygens (including phenoxy) is 2. The number of rotatable bonds is 5. The number of nitrogens with one attached hydrogen (secondary N) is 2. The molecule has 2 aliphatic heterocycles. The molecule has 0 aliphatic carbocycles. The summed E-state index contributed by atoms with van der Waals surface area (Å²) in [4.78, 5) is 39.2. The van der Waals surface area contributed by atoms with Crippen LogP contribution in [0.2, 0.25) is 0 Å². The molecule has 0 radical (unpaired) electrons. The number of hydrogen-bond donors (Lipinski definition) is 2. The average Bonchev–Trinajstić information content (AvgIpc) is 3.02. The van der Waals surface area contributed by atoms with Crippen LogP contribution >= 0.6 is 0 Å². The Morgan fingerprint density at radius 2 is 1.97 bits per heavy atom. The van der Waals surface area contributed by atoms with Crippen LogP contribution in [0, 0.1) is 11.3 Å². The van der Waals surface area contributed by atoms with Gasteiger partial charge in [-0.25, -0.2) is 4.79 Å². The van der Waals surface area contributed by atoms with E-state index in [-0.39, 0.29) is 12.5 Å². The fourth-order valence-electron chi connectivity index (χ4n) is 4.52. The van der Waals surface area contributed by atoms with Gasteiger partial charge in [-0.3, -0.25) is 9.59 Å². The number of amides is 3. The molecule has 2 N–H and O–H groups in total. The molecule has 38 heavy (non-hydrogen) atoms. The zero-order valence-electron chi connectivity index (χ0n) is 22.2. The van der Waals surface area contributed by atoms with Crippen molar-refractivity contribution in [1.82, 2.24) is 20.1 Å². The number of carbonyl (C=O) groups excluding carboxylic acids is 3. The van der Waals surface area contributed by atoms with E-state index in [2.05, 4.69) is 16.7 Å². The lowest BCUT2D eigenvalue weighted by atomic mass is 10.0. The maximum Gasteiger partial charge on any atom is 0.410 e. The molecule has 202 valence electrons. The summed E-state index contributed by atoms with van der Waals surface area (Å²) in [5.74, 6) is -0.498. The van der Waals surface area contributed by atoms with Crippen LogP contribution in [-0.4, -0.2) is 71.4 Å². The molecule has 2 atom stereocenters. The number of nitrogens with zero attached hydrogens (tertiary/aromatic N) is 3. The van der Waals surface area contributed by atoms with Crippen molar-refractivity contribution in [3.63, 3.8) is 0 Å². The molecule has 0 spiro atoms. The summed E-state index contributed by atoms with van der Waals surface area (Å²) in [5.41, 5.74) is 2.82. The summed E-state index contributed by atoms with van der Waals surface area (Å²) >= 11 is 0. The van der Waals surface area contributed by atoms with E-state index < -0.39 is 29.7 Å². The highest BCUT2D eigenvalue weighted by Gasteiger charge is 2.31. The van der Waals surface area contributed by atoms with E-state index in [0.29, 0.717) is 38.2 Å². The number of fused-ring (bicyclic) bond motifs is 1. The molecule has 10 heteroatoms. The topological polar surface area (TPSA) is 126 Å². The van der Waals surface area contributed by atoms with E-state index in [4.69, 9.17) is 9.47 Å². The zero-order valence-corrected chi connectivity index (χ0v) is 22.2. The lowest BCUT2D eigenvalue weighted by molar-refractivity contribution is -0.133. The van der Waals surface area contributed by atoms with Gasteiger partial charge in [0.25, 0.3) is 11.8 Å². The first-order valence-electron chi connectivity index (χ1n) is 13.0. The van der Waals surface area contributed by atoms with Gasteiger partial charge in [0.1, 0.15) is 17.3 Å². The number of aryl methyl sites for hydroxylation is 1. The second-order valence-corrected chi connectivity index (χ2v) is 10.6. The van der Waals surface area contributed by atoms with Gasteiger partial charge in [0, 0.05) is 44.4 Å². The van der Waals surface area contributed by atoms with E-state index in [1.54, 1.807) is 20.8 Å². The Morgan fingerprint density at radius 1 is 1.21 bits per heavy atom. The van der Waals surface area contributed by atoms with Gasteiger partial charge >= 0.3 is 6.09 Å². The first-order chi connectivity index (χ1) is 18.1. The van der Waals surface area contributed by atoms with Gasteiger partial charge in [0.15, 0.2) is 6.10 Å². The maximum atomic E-state index is 12.9. The quantitative estimate of drug-likeness (QED) is 0.623. The first-order valence-corrected chi connectivity index (χ1v) is 13.0. The molecule has 2 aromatic rings. The highest BCUT2D eigenvalue weighted by molar-refractivity contribution is 5.94. The third kappa shape index (κ3) is 6.92. The van der Waals surface area contributed by atoms with Gasteiger partial charge in [-0.15, -0.1) is 0 Å². The fraction of sp³-hybridized carbons (Fsp3) is 0.500. The first kappa shape index (κ1) is 27.2. The summed E-state index contributed by atoms with van der Waals surface area (Å²) < 4.78 is 13.1. The molecule has 1 aromatic heterocycles. The van der Waals surface area contributed by atoms with Crippen molar-refractivity contribution in [2.24, 2.45) is 0 Å². The van der Waals surface area contributed by atoms with E-state index in [0.717, 1.165) is 29.7 Å². The smallest absolute Gasteiger partial charge is 0.410 e. The van der Waals surface area contributed by atoms with Gasteiger partial charge in [-0.2, -0.15) is 5.26 Å². The third-order valence-electron chi connectivity index (χ3n) is 6.41. The number of nitriles is 1. The van der Waals surface area contributed by atoms with Crippen molar-refractivity contribution in [3.8, 4) is 17.2 Å². The monoisotopic (exact) mass is 521 g/mol. The van der Waals surface area contributed by atoms with Crippen LogP contribution in [0.5, 0.6) is 0 Å². The molecule has 0 bridgehead atoms. The van der Waals surface area contributed by atoms with Crippen molar-refractivity contribution in [1.29, 1.82) is 5.26 Å². The molecule has 0 unspecified atom stereocenters. The molecule has 1 fully saturated rings. The number of aromatic nitrogens is 1. The minimum absolute atomic E-state index is 0.0627. The third-order valence-corrected chi connectivity index (χ3v) is 6.41. The highest BCUT2D eigenvalue weighted by atomic mass is 16.6. The number of benzene rings is 1. The fourth-order valence-corrected chi connectivity index (χ4v) is 4.52. The summed E-state index contributed by atoms with van der Waals surface area (Å²) in [6.07, 6.45) is 2.41. The van der Waals surface area contributed by atoms with Crippen molar-refractivity contribution in [2.45, 2.75) is 64.3 Å². The predicted octanol–water partition coefficient (Wildman–Crippen LogP) is 2.87. The normalized spacial score (nSPS) is 18.7. The molecule has 3 amide bonds. The highest BCUT2D eigenvalue weighted by Crippen LogP contribution is 2.24. The Bertz CT molecular complexity index is 1210. The van der Waals surface area contributed by atoms with Crippen molar-refractivity contribution in [2.75, 3.05) is 26.2 Å². The van der Waals surface area contributed by atoms with E-state index in [1.807, 2.05) is 41.1 Å². The van der Waals surface area contributed by atoms with Crippen molar-refractivity contribution >= 4 is 17.9 Å². The van der Waals surface area contributed by atoms with E-state index in [1.165, 1.54) is 4.90 Å². The van der Waals surface area contributed by atoms with Gasteiger partial charge in [0.05, 0.1) is 12.6 Å². The second kappa shape index (κ2) is 11.7. The molecule has 2 aliphatic rings. The maximum absolute atomic E-state index is 12.9. The van der Waals surface area contributed by atoms with Crippen LogP contribution in [0.1, 0.15) is 49.7 Å². The molecule has 1 aromatic carbocycles. The molecule has 1 saturated heterocycles. The molecule has 4 rings (SSSR count). The summed E-state index contributed by atoms with van der Waals surface area (Å²) in [5, 5.41) is 15.4. The van der Waals surface area contributed by atoms with Crippen LogP contribution in [0.25, 0.3) is 11.1 Å². The summed E-state index contributed by atoms with van der Waals surface area (Å²) in [6.45, 7) is 7.67. The van der Waals surface area contributed by atoms with Crippen LogP contribution in [0.3, 0.4) is 0 Å². The zero-order chi connectivity index (χ0) is 27.3. The lowest BCUT2D eigenvalue weighted by Gasteiger charge is -2.27. The molecular weight excluding hydrogens is 486 g/mol. The minimum Gasteiger partial charge on any atom is -0.444 e. The van der Waals surface area contributed by atoms with Crippen molar-refractivity contribution < 1.29 is 23.9 Å². The van der Waals surface area contributed by atoms with E-state index in [9.17, 15) is 19.6 Å². The Kier molecular flexibility index (Phi) is 8.37. The SMILES string of the molecule is CC(C)(C)OC(=O)N1CCCO[C@H](C(=O)N[C@H](C#N)Cc2ccc(-c3cc4n(c3)CCCNC4=O)cc2)C1. The molecular formula is C28H35N5O5.